The third kappa shape index (κ3) is 3.06. The van der Waals surface area contributed by atoms with Crippen molar-refractivity contribution in [1.29, 1.82) is 0 Å². The number of ether oxygens (including phenoxy) is 1. The van der Waals surface area contributed by atoms with Gasteiger partial charge in [-0.25, -0.2) is 0 Å². The van der Waals surface area contributed by atoms with Gasteiger partial charge in [0.2, 0.25) is 0 Å². The van der Waals surface area contributed by atoms with Gasteiger partial charge in [0.1, 0.15) is 0 Å². The zero-order chi connectivity index (χ0) is 13.3. The second-order valence-corrected chi connectivity index (χ2v) is 7.24. The average molecular weight is 254 g/mol. The molecule has 3 nitrogen and oxygen atoms in total. The monoisotopic (exact) mass is 254 g/mol. The molecule has 0 radical (unpaired) electrons. The number of hydrogen-bond donors (Lipinski definition) is 1. The fourth-order valence-electron chi connectivity index (χ4n) is 3.24. The molecule has 2 aliphatic heterocycles. The van der Waals surface area contributed by atoms with Crippen molar-refractivity contribution in [2.45, 2.75) is 59.2 Å². The minimum absolute atomic E-state index is 0.338. The first-order valence-corrected chi connectivity index (χ1v) is 7.46. The van der Waals surface area contributed by atoms with Crippen LogP contribution in [0, 0.1) is 11.3 Å². The standard InChI is InChI=1S/C15H30N2O/c1-11-8-16-14(15(3,4)5)9-17(11)12(2)13-6-7-18-10-13/h11-14,16H,6-10H2,1-5H3. The van der Waals surface area contributed by atoms with Crippen molar-refractivity contribution < 1.29 is 4.74 Å². The van der Waals surface area contributed by atoms with Crippen LogP contribution < -0.4 is 5.32 Å². The van der Waals surface area contributed by atoms with E-state index in [0.29, 0.717) is 23.5 Å². The van der Waals surface area contributed by atoms with E-state index < -0.39 is 0 Å². The van der Waals surface area contributed by atoms with Crippen molar-refractivity contribution in [3.63, 3.8) is 0 Å². The second-order valence-electron chi connectivity index (χ2n) is 7.24. The number of nitrogens with zero attached hydrogens (tertiary/aromatic N) is 1. The maximum atomic E-state index is 5.56. The average Bonchev–Trinajstić information content (AvgIpc) is 2.80. The molecule has 0 saturated carbocycles. The molecule has 4 atom stereocenters. The van der Waals surface area contributed by atoms with Crippen LogP contribution >= 0.6 is 0 Å². The van der Waals surface area contributed by atoms with E-state index in [-0.39, 0.29) is 0 Å². The Labute approximate surface area is 112 Å². The molecule has 106 valence electrons. The third-order valence-electron chi connectivity index (χ3n) is 4.83. The number of nitrogens with one attached hydrogen (secondary N) is 1. The molecular weight excluding hydrogens is 224 g/mol. The minimum Gasteiger partial charge on any atom is -0.381 e. The van der Waals surface area contributed by atoms with Crippen LogP contribution in [0.2, 0.25) is 0 Å². The molecule has 0 aromatic heterocycles. The number of rotatable bonds is 2. The molecule has 4 unspecified atom stereocenters. The van der Waals surface area contributed by atoms with Gasteiger partial charge in [-0.1, -0.05) is 20.8 Å². The summed E-state index contributed by atoms with van der Waals surface area (Å²) in [5.74, 6) is 0.728. The molecule has 2 aliphatic rings. The lowest BCUT2D eigenvalue weighted by atomic mass is 9.83. The van der Waals surface area contributed by atoms with Gasteiger partial charge in [-0.3, -0.25) is 4.90 Å². The number of hydrogen-bond acceptors (Lipinski definition) is 3. The predicted molar refractivity (Wildman–Crippen MR) is 75.8 cm³/mol. The van der Waals surface area contributed by atoms with Crippen LogP contribution in [0.3, 0.4) is 0 Å². The van der Waals surface area contributed by atoms with Crippen molar-refractivity contribution >= 4 is 0 Å². The Morgan fingerprint density at radius 2 is 2.06 bits per heavy atom. The molecule has 0 aromatic rings. The maximum Gasteiger partial charge on any atom is 0.0509 e. The quantitative estimate of drug-likeness (QED) is 0.817. The molecule has 0 bridgehead atoms. The van der Waals surface area contributed by atoms with Crippen LogP contribution in [0.5, 0.6) is 0 Å². The normalized spacial score (nSPS) is 36.8. The van der Waals surface area contributed by atoms with Gasteiger partial charge in [-0.2, -0.15) is 0 Å². The summed E-state index contributed by atoms with van der Waals surface area (Å²) in [5.41, 5.74) is 0.338. The first-order valence-electron chi connectivity index (χ1n) is 7.46. The van der Waals surface area contributed by atoms with Gasteiger partial charge in [-0.15, -0.1) is 0 Å². The van der Waals surface area contributed by atoms with Gasteiger partial charge in [0.15, 0.2) is 0 Å². The van der Waals surface area contributed by atoms with E-state index in [1.807, 2.05) is 0 Å². The fraction of sp³-hybridized carbons (Fsp3) is 1.00. The number of piperazine rings is 1. The van der Waals surface area contributed by atoms with Crippen LogP contribution in [0.4, 0.5) is 0 Å². The summed E-state index contributed by atoms with van der Waals surface area (Å²) >= 11 is 0. The van der Waals surface area contributed by atoms with E-state index in [1.165, 1.54) is 13.0 Å². The van der Waals surface area contributed by atoms with E-state index in [1.54, 1.807) is 0 Å². The zero-order valence-electron chi connectivity index (χ0n) is 12.7. The fourth-order valence-corrected chi connectivity index (χ4v) is 3.24. The Morgan fingerprint density at radius 1 is 1.33 bits per heavy atom. The summed E-state index contributed by atoms with van der Waals surface area (Å²) in [7, 11) is 0. The highest BCUT2D eigenvalue weighted by atomic mass is 16.5. The van der Waals surface area contributed by atoms with Gasteiger partial charge in [0.05, 0.1) is 6.61 Å². The summed E-state index contributed by atoms with van der Waals surface area (Å²) < 4.78 is 5.56. The van der Waals surface area contributed by atoms with Gasteiger partial charge in [0.25, 0.3) is 0 Å². The predicted octanol–water partition coefficient (Wildman–Crippen LogP) is 2.12. The second kappa shape index (κ2) is 5.48. The first-order chi connectivity index (χ1) is 8.39. The molecule has 2 heterocycles. The molecule has 1 N–H and O–H groups in total. The van der Waals surface area contributed by atoms with E-state index in [9.17, 15) is 0 Å². The van der Waals surface area contributed by atoms with Crippen molar-refractivity contribution in [2.75, 3.05) is 26.3 Å². The van der Waals surface area contributed by atoms with Crippen LogP contribution in [0.25, 0.3) is 0 Å². The highest BCUT2D eigenvalue weighted by molar-refractivity contribution is 4.93. The molecule has 0 aliphatic carbocycles. The van der Waals surface area contributed by atoms with Crippen LogP contribution in [-0.2, 0) is 4.74 Å². The Kier molecular flexibility index (Phi) is 4.35. The Bertz CT molecular complexity index is 268. The van der Waals surface area contributed by atoms with Crippen molar-refractivity contribution in [3.8, 4) is 0 Å². The summed E-state index contributed by atoms with van der Waals surface area (Å²) in [4.78, 5) is 2.70. The van der Waals surface area contributed by atoms with Gasteiger partial charge in [-0.05, 0) is 31.6 Å². The first kappa shape index (κ1) is 14.3. The molecule has 0 spiro atoms. The van der Waals surface area contributed by atoms with Crippen LogP contribution in [0.1, 0.15) is 41.0 Å². The SMILES string of the molecule is CC1CNC(C(C)(C)C)CN1C(C)C1CCOC1. The molecule has 0 aromatic carbocycles. The van der Waals surface area contributed by atoms with E-state index in [0.717, 1.165) is 25.7 Å². The molecular formula is C15H30N2O. The summed E-state index contributed by atoms with van der Waals surface area (Å²) in [6, 6.07) is 1.88. The van der Waals surface area contributed by atoms with Crippen LogP contribution in [-0.4, -0.2) is 49.3 Å². The molecule has 2 saturated heterocycles. The lowest BCUT2D eigenvalue weighted by Crippen LogP contribution is -2.62. The summed E-state index contributed by atoms with van der Waals surface area (Å²) in [6.07, 6.45) is 1.23. The smallest absolute Gasteiger partial charge is 0.0509 e. The topological polar surface area (TPSA) is 24.5 Å². The molecule has 2 fully saturated rings. The van der Waals surface area contributed by atoms with Crippen molar-refractivity contribution in [1.82, 2.24) is 10.2 Å². The van der Waals surface area contributed by atoms with E-state index in [2.05, 4.69) is 44.8 Å². The molecule has 3 heteroatoms. The van der Waals surface area contributed by atoms with E-state index in [4.69, 9.17) is 4.74 Å². The lowest BCUT2D eigenvalue weighted by Gasteiger charge is -2.47. The lowest BCUT2D eigenvalue weighted by molar-refractivity contribution is 0.0372. The Balaban J connectivity index is 2.00. The van der Waals surface area contributed by atoms with Crippen molar-refractivity contribution in [2.24, 2.45) is 11.3 Å². The maximum absolute atomic E-state index is 5.56. The van der Waals surface area contributed by atoms with Gasteiger partial charge in [0, 0.05) is 37.8 Å². The highest BCUT2D eigenvalue weighted by Gasteiger charge is 2.37. The highest BCUT2D eigenvalue weighted by Crippen LogP contribution is 2.28. The molecule has 18 heavy (non-hydrogen) atoms. The molecule has 2 rings (SSSR count). The zero-order valence-corrected chi connectivity index (χ0v) is 12.7. The van der Waals surface area contributed by atoms with Crippen molar-refractivity contribution in [3.05, 3.63) is 0 Å². The van der Waals surface area contributed by atoms with E-state index >= 15 is 0 Å². The summed E-state index contributed by atoms with van der Waals surface area (Å²) in [5, 5.41) is 3.71. The van der Waals surface area contributed by atoms with Gasteiger partial charge >= 0.3 is 0 Å². The van der Waals surface area contributed by atoms with Crippen LogP contribution in [0.15, 0.2) is 0 Å². The Morgan fingerprint density at radius 3 is 2.61 bits per heavy atom. The minimum atomic E-state index is 0.338. The largest absolute Gasteiger partial charge is 0.381 e. The third-order valence-corrected chi connectivity index (χ3v) is 4.83. The Hall–Kier alpha value is -0.120. The van der Waals surface area contributed by atoms with Gasteiger partial charge < -0.3 is 10.1 Å². The molecule has 0 amide bonds. The summed E-state index contributed by atoms with van der Waals surface area (Å²) in [6.45, 7) is 15.9.